The van der Waals surface area contributed by atoms with Crippen LogP contribution in [-0.4, -0.2) is 12.8 Å². The second-order valence-electron chi connectivity index (χ2n) is 6.58. The van der Waals surface area contributed by atoms with Crippen molar-refractivity contribution in [3.8, 4) is 11.5 Å². The zero-order valence-electron chi connectivity index (χ0n) is 16.9. The van der Waals surface area contributed by atoms with Crippen LogP contribution in [-0.2, 0) is 12.8 Å². The predicted octanol–water partition coefficient (Wildman–Crippen LogP) is 7.44. The van der Waals surface area contributed by atoms with E-state index in [2.05, 4.69) is 10.5 Å². The predicted molar refractivity (Wildman–Crippen MR) is 121 cm³/mol. The number of halogens is 5. The summed E-state index contributed by atoms with van der Waals surface area (Å²) in [5.74, 6) is 0.976. The number of hydrogen-bond acceptors (Lipinski definition) is 4. The van der Waals surface area contributed by atoms with Gasteiger partial charge in [-0.1, -0.05) is 35.3 Å². The van der Waals surface area contributed by atoms with E-state index in [1.807, 2.05) is 6.92 Å². The van der Waals surface area contributed by atoms with Crippen molar-refractivity contribution in [3.63, 3.8) is 0 Å². The van der Waals surface area contributed by atoms with Gasteiger partial charge in [0.1, 0.15) is 6.61 Å². The zero-order chi connectivity index (χ0) is 23.1. The Hall–Kier alpha value is -2.90. The number of ether oxygens (including phenoxy) is 2. The number of nitrogens with zero attached hydrogens (tertiary/aromatic N) is 1. The van der Waals surface area contributed by atoms with Crippen LogP contribution < -0.4 is 14.9 Å². The van der Waals surface area contributed by atoms with Crippen molar-refractivity contribution in [2.45, 2.75) is 19.7 Å². The molecule has 0 amide bonds. The van der Waals surface area contributed by atoms with Gasteiger partial charge in [-0.2, -0.15) is 18.3 Å². The number of alkyl halides is 3. The Morgan fingerprint density at radius 3 is 2.34 bits per heavy atom. The highest BCUT2D eigenvalue weighted by atomic mass is 35.5. The fourth-order valence-electron chi connectivity index (χ4n) is 2.76. The molecule has 0 bridgehead atoms. The van der Waals surface area contributed by atoms with Gasteiger partial charge >= 0.3 is 6.18 Å². The Morgan fingerprint density at radius 1 is 0.938 bits per heavy atom. The molecule has 32 heavy (non-hydrogen) atoms. The molecule has 3 rings (SSSR count). The second kappa shape index (κ2) is 10.6. The lowest BCUT2D eigenvalue weighted by atomic mass is 10.2. The lowest BCUT2D eigenvalue weighted by Gasteiger charge is -2.14. The summed E-state index contributed by atoms with van der Waals surface area (Å²) in [6.45, 7) is 2.40. The minimum absolute atomic E-state index is 0.156. The molecule has 3 aromatic carbocycles. The number of benzene rings is 3. The van der Waals surface area contributed by atoms with E-state index in [1.54, 1.807) is 36.4 Å². The van der Waals surface area contributed by atoms with Gasteiger partial charge in [-0.3, -0.25) is 5.43 Å². The van der Waals surface area contributed by atoms with Gasteiger partial charge in [0.25, 0.3) is 0 Å². The SMILES string of the molecule is CCOc1cc(C=NNc2cccc(C(F)(F)F)c2)ccc1OCc1c(Cl)cccc1Cl. The largest absolute Gasteiger partial charge is 0.490 e. The molecular weight excluding hydrogens is 464 g/mol. The van der Waals surface area contributed by atoms with E-state index >= 15 is 0 Å². The monoisotopic (exact) mass is 482 g/mol. The van der Waals surface area contributed by atoms with Gasteiger partial charge in [0.05, 0.1) is 24.1 Å². The van der Waals surface area contributed by atoms with Crippen LogP contribution in [0.15, 0.2) is 65.8 Å². The molecule has 0 atom stereocenters. The molecule has 0 aliphatic carbocycles. The van der Waals surface area contributed by atoms with Crippen molar-refractivity contribution in [2.75, 3.05) is 12.0 Å². The third-order valence-corrected chi connectivity index (χ3v) is 5.01. The van der Waals surface area contributed by atoms with Crippen LogP contribution in [0.25, 0.3) is 0 Å². The molecule has 0 saturated carbocycles. The maximum absolute atomic E-state index is 12.8. The molecule has 4 nitrogen and oxygen atoms in total. The molecule has 168 valence electrons. The van der Waals surface area contributed by atoms with Gasteiger partial charge in [0.15, 0.2) is 11.5 Å². The quantitative estimate of drug-likeness (QED) is 0.268. The van der Waals surface area contributed by atoms with E-state index < -0.39 is 11.7 Å². The highest BCUT2D eigenvalue weighted by Gasteiger charge is 2.30. The Bertz CT molecular complexity index is 1080. The van der Waals surface area contributed by atoms with Gasteiger partial charge in [-0.25, -0.2) is 0 Å². The van der Waals surface area contributed by atoms with Crippen LogP contribution in [0.2, 0.25) is 10.0 Å². The van der Waals surface area contributed by atoms with E-state index in [9.17, 15) is 13.2 Å². The molecule has 0 radical (unpaired) electrons. The summed E-state index contributed by atoms with van der Waals surface area (Å²) in [7, 11) is 0. The summed E-state index contributed by atoms with van der Waals surface area (Å²) in [5.41, 5.74) is 3.39. The first-order valence-electron chi connectivity index (χ1n) is 9.57. The van der Waals surface area contributed by atoms with Gasteiger partial charge in [0, 0.05) is 15.6 Å². The van der Waals surface area contributed by atoms with Crippen LogP contribution in [0.4, 0.5) is 18.9 Å². The molecule has 0 aliphatic heterocycles. The molecule has 0 aliphatic rings. The van der Waals surface area contributed by atoms with Gasteiger partial charge in [-0.05, 0) is 61.0 Å². The van der Waals surface area contributed by atoms with E-state index in [-0.39, 0.29) is 12.3 Å². The molecule has 0 fully saturated rings. The van der Waals surface area contributed by atoms with Crippen LogP contribution in [0.1, 0.15) is 23.6 Å². The van der Waals surface area contributed by atoms with Crippen molar-refractivity contribution in [1.29, 1.82) is 0 Å². The molecule has 0 heterocycles. The van der Waals surface area contributed by atoms with Crippen LogP contribution in [0.3, 0.4) is 0 Å². The average molecular weight is 483 g/mol. The van der Waals surface area contributed by atoms with E-state index in [1.165, 1.54) is 18.3 Å². The Kier molecular flexibility index (Phi) is 7.88. The first kappa shape index (κ1) is 23.8. The Balaban J connectivity index is 1.71. The second-order valence-corrected chi connectivity index (χ2v) is 7.39. The molecule has 0 saturated heterocycles. The normalized spacial score (nSPS) is 11.6. The van der Waals surface area contributed by atoms with Crippen molar-refractivity contribution in [2.24, 2.45) is 5.10 Å². The third kappa shape index (κ3) is 6.31. The molecular formula is C23H19Cl2F3N2O2. The number of rotatable bonds is 8. The molecule has 0 aromatic heterocycles. The molecule has 0 unspecified atom stereocenters. The smallest absolute Gasteiger partial charge is 0.416 e. The summed E-state index contributed by atoms with van der Waals surface area (Å²) >= 11 is 12.4. The summed E-state index contributed by atoms with van der Waals surface area (Å²) in [6, 6.07) is 15.2. The Labute approximate surface area is 193 Å². The minimum atomic E-state index is -4.42. The van der Waals surface area contributed by atoms with Gasteiger partial charge in [-0.15, -0.1) is 0 Å². The molecule has 0 spiro atoms. The van der Waals surface area contributed by atoms with E-state index in [4.69, 9.17) is 32.7 Å². The first-order chi connectivity index (χ1) is 15.3. The maximum Gasteiger partial charge on any atom is 0.416 e. The van der Waals surface area contributed by atoms with Crippen LogP contribution >= 0.6 is 23.2 Å². The van der Waals surface area contributed by atoms with Crippen molar-refractivity contribution in [3.05, 3.63) is 87.4 Å². The van der Waals surface area contributed by atoms with Gasteiger partial charge < -0.3 is 9.47 Å². The van der Waals surface area contributed by atoms with E-state index in [0.717, 1.165) is 12.1 Å². The summed E-state index contributed by atoms with van der Waals surface area (Å²) in [5, 5.41) is 5.01. The van der Waals surface area contributed by atoms with Crippen molar-refractivity contribution >= 4 is 35.1 Å². The molecule has 3 aromatic rings. The first-order valence-corrected chi connectivity index (χ1v) is 10.3. The standard InChI is InChI=1S/C23H19Cl2F3N2O2/c1-2-31-22-11-15(13-29-30-17-6-3-5-16(12-17)23(26,27)28)9-10-21(22)32-14-18-19(24)7-4-8-20(18)25/h3-13,30H,2,14H2,1H3. The highest BCUT2D eigenvalue weighted by molar-refractivity contribution is 6.35. The molecule has 9 heteroatoms. The number of nitrogens with one attached hydrogen (secondary N) is 1. The lowest BCUT2D eigenvalue weighted by Crippen LogP contribution is -2.05. The average Bonchev–Trinajstić information content (AvgIpc) is 2.74. The lowest BCUT2D eigenvalue weighted by molar-refractivity contribution is -0.137. The summed E-state index contributed by atoms with van der Waals surface area (Å²) in [4.78, 5) is 0. The Morgan fingerprint density at radius 2 is 1.66 bits per heavy atom. The topological polar surface area (TPSA) is 42.8 Å². The van der Waals surface area contributed by atoms with Gasteiger partial charge in [0.2, 0.25) is 0 Å². The number of hydrogen-bond donors (Lipinski definition) is 1. The summed E-state index contributed by atoms with van der Waals surface area (Å²) < 4.78 is 50.0. The van der Waals surface area contributed by atoms with Crippen molar-refractivity contribution in [1.82, 2.24) is 0 Å². The number of anilines is 1. The van der Waals surface area contributed by atoms with E-state index in [0.29, 0.717) is 39.3 Å². The molecule has 1 N–H and O–H groups in total. The summed E-state index contributed by atoms with van der Waals surface area (Å²) in [6.07, 6.45) is -2.95. The fourth-order valence-corrected chi connectivity index (χ4v) is 3.27. The number of hydrazone groups is 1. The van der Waals surface area contributed by atoms with Crippen molar-refractivity contribution < 1.29 is 22.6 Å². The van der Waals surface area contributed by atoms with Crippen LogP contribution in [0, 0.1) is 0 Å². The zero-order valence-corrected chi connectivity index (χ0v) is 18.4. The highest BCUT2D eigenvalue weighted by Crippen LogP contribution is 2.32. The minimum Gasteiger partial charge on any atom is -0.490 e. The van der Waals surface area contributed by atoms with Crippen LogP contribution in [0.5, 0.6) is 11.5 Å². The third-order valence-electron chi connectivity index (χ3n) is 4.30. The maximum atomic E-state index is 12.8. The fraction of sp³-hybridized carbons (Fsp3) is 0.174.